The Bertz CT molecular complexity index is 3050. The minimum atomic E-state index is -0.172. The van der Waals surface area contributed by atoms with Crippen molar-refractivity contribution < 1.29 is 4.39 Å². The Morgan fingerprint density at radius 1 is 0.277 bits per heavy atom. The quantitative estimate of drug-likeness (QED) is 0.174. The Balaban J connectivity index is 1.49. The normalized spacial score (nSPS) is 12.4. The molecule has 0 atom stereocenters. The molecule has 0 fully saturated rings. The number of benzene rings is 9. The van der Waals surface area contributed by atoms with E-state index in [4.69, 9.17) is 0 Å². The molecule has 216 valence electrons. The Morgan fingerprint density at radius 3 is 1.45 bits per heavy atom. The number of hydrogen-bond acceptors (Lipinski definition) is 0. The number of hydrogen-bond donors (Lipinski definition) is 0. The summed E-state index contributed by atoms with van der Waals surface area (Å²) in [5.74, 6) is -0.172. The molecule has 0 spiro atoms. The molecular weight excluding hydrogens is 572 g/mol. The van der Waals surface area contributed by atoms with Crippen LogP contribution in [0.4, 0.5) is 4.39 Å². The average molecular weight is 597 g/mol. The molecule has 0 N–H and O–H groups in total. The summed E-state index contributed by atoms with van der Waals surface area (Å²) in [7, 11) is 0. The molecule has 11 aromatic rings. The summed E-state index contributed by atoms with van der Waals surface area (Å²) in [4.78, 5) is 0. The number of fused-ring (bicyclic) bond motifs is 9. The van der Waals surface area contributed by atoms with E-state index in [-0.39, 0.29) is 5.82 Å². The zero-order valence-electron chi connectivity index (χ0n) is 25.3. The predicted octanol–water partition coefficient (Wildman–Crippen LogP) is 13.3. The molecule has 0 aliphatic carbocycles. The van der Waals surface area contributed by atoms with Crippen molar-refractivity contribution in [3.05, 3.63) is 157 Å². The molecule has 0 amide bonds. The van der Waals surface area contributed by atoms with Gasteiger partial charge in [0.15, 0.2) is 0 Å². The van der Waals surface area contributed by atoms with Crippen molar-refractivity contribution in [3.63, 3.8) is 0 Å². The minimum absolute atomic E-state index is 0.172. The highest BCUT2D eigenvalue weighted by Gasteiger charge is 2.25. The number of halogens is 1. The number of rotatable bonds is 2. The first-order valence-electron chi connectivity index (χ1n) is 16.2. The van der Waals surface area contributed by atoms with Crippen LogP contribution in [-0.4, -0.2) is 0 Å². The largest absolute Gasteiger partial charge is 0.206 e. The molecule has 47 heavy (non-hydrogen) atoms. The van der Waals surface area contributed by atoms with E-state index in [1.807, 2.05) is 18.2 Å². The molecule has 0 saturated carbocycles. The van der Waals surface area contributed by atoms with Crippen molar-refractivity contribution in [1.82, 2.24) is 0 Å². The Morgan fingerprint density at radius 2 is 0.766 bits per heavy atom. The van der Waals surface area contributed by atoms with E-state index < -0.39 is 0 Å². The van der Waals surface area contributed by atoms with E-state index in [0.717, 1.165) is 16.2 Å². The summed E-state index contributed by atoms with van der Waals surface area (Å²) in [5, 5.41) is 19.0. The van der Waals surface area contributed by atoms with Crippen LogP contribution in [-0.2, 0) is 0 Å². The van der Waals surface area contributed by atoms with E-state index in [1.54, 1.807) is 6.07 Å². The van der Waals surface area contributed by atoms with Crippen LogP contribution in [0.15, 0.2) is 152 Å². The van der Waals surface area contributed by atoms with Gasteiger partial charge in [-0.15, -0.1) is 0 Å². The van der Waals surface area contributed by atoms with Crippen LogP contribution in [0.3, 0.4) is 0 Å². The van der Waals surface area contributed by atoms with Crippen molar-refractivity contribution >= 4 is 86.2 Å². The predicted molar refractivity (Wildman–Crippen MR) is 200 cm³/mol. The van der Waals surface area contributed by atoms with Gasteiger partial charge in [-0.25, -0.2) is 4.39 Å². The third-order valence-corrected chi connectivity index (χ3v) is 10.6. The lowest BCUT2D eigenvalue weighted by Crippen LogP contribution is -1.89. The summed E-state index contributed by atoms with van der Waals surface area (Å²) < 4.78 is 15.2. The van der Waals surface area contributed by atoms with Crippen LogP contribution in [0.5, 0.6) is 0 Å². The first-order chi connectivity index (χ1) is 23.3. The van der Waals surface area contributed by atoms with Crippen molar-refractivity contribution in [2.24, 2.45) is 0 Å². The van der Waals surface area contributed by atoms with E-state index in [9.17, 15) is 0 Å². The summed E-state index contributed by atoms with van der Waals surface area (Å²) in [6, 6.07) is 54.2. The van der Waals surface area contributed by atoms with Gasteiger partial charge < -0.3 is 0 Å². The van der Waals surface area contributed by atoms with E-state index in [1.165, 1.54) is 86.9 Å². The molecule has 0 aliphatic heterocycles. The van der Waals surface area contributed by atoms with Crippen LogP contribution in [0.1, 0.15) is 0 Å². The molecule has 0 heterocycles. The molecule has 0 bridgehead atoms. The SMILES string of the molecule is Fc1ccc2c3cc4c(-c5ccccc5)c5c6cccc7c8ccccc8cc(c5c(-c5ccccc5)c4cc3c3cccc1c23)c76. The molecule has 0 radical (unpaired) electrons. The molecule has 11 rings (SSSR count). The third kappa shape index (κ3) is 3.21. The van der Waals surface area contributed by atoms with Crippen LogP contribution in [0.25, 0.3) is 108 Å². The minimum Gasteiger partial charge on any atom is -0.206 e. The van der Waals surface area contributed by atoms with E-state index in [0.29, 0.717) is 5.39 Å². The lowest BCUT2D eigenvalue weighted by Gasteiger charge is -2.17. The van der Waals surface area contributed by atoms with E-state index in [2.05, 4.69) is 127 Å². The van der Waals surface area contributed by atoms with Gasteiger partial charge in [-0.2, -0.15) is 0 Å². The van der Waals surface area contributed by atoms with Crippen molar-refractivity contribution in [2.45, 2.75) is 0 Å². The summed E-state index contributed by atoms with van der Waals surface area (Å²) in [5.41, 5.74) is 4.89. The van der Waals surface area contributed by atoms with Gasteiger partial charge in [0.05, 0.1) is 0 Å². The van der Waals surface area contributed by atoms with Crippen molar-refractivity contribution in [3.8, 4) is 22.3 Å². The van der Waals surface area contributed by atoms with Gasteiger partial charge in [0, 0.05) is 10.8 Å². The smallest absolute Gasteiger partial charge is 0.131 e. The molecule has 0 aliphatic rings. The molecule has 0 unspecified atom stereocenters. The topological polar surface area (TPSA) is 0 Å². The molecule has 0 nitrogen and oxygen atoms in total. The van der Waals surface area contributed by atoms with Crippen LogP contribution < -0.4 is 0 Å². The molecular formula is C46H25F. The molecule has 0 saturated heterocycles. The van der Waals surface area contributed by atoms with Crippen molar-refractivity contribution in [1.29, 1.82) is 0 Å². The summed E-state index contributed by atoms with van der Waals surface area (Å²) in [6.07, 6.45) is 0. The Kier molecular flexibility index (Phi) is 4.83. The van der Waals surface area contributed by atoms with Gasteiger partial charge >= 0.3 is 0 Å². The lowest BCUT2D eigenvalue weighted by atomic mass is 9.85. The molecule has 0 aromatic heterocycles. The highest BCUT2D eigenvalue weighted by atomic mass is 19.1. The fourth-order valence-electron chi connectivity index (χ4n) is 8.71. The van der Waals surface area contributed by atoms with Gasteiger partial charge in [-0.05, 0) is 122 Å². The summed E-state index contributed by atoms with van der Waals surface area (Å²) in [6.45, 7) is 0. The van der Waals surface area contributed by atoms with Gasteiger partial charge in [0.1, 0.15) is 5.82 Å². The second kappa shape index (κ2) is 9.02. The van der Waals surface area contributed by atoms with Gasteiger partial charge in [0.25, 0.3) is 0 Å². The van der Waals surface area contributed by atoms with Crippen LogP contribution >= 0.6 is 0 Å². The Hall–Kier alpha value is -6.05. The maximum Gasteiger partial charge on any atom is 0.131 e. The van der Waals surface area contributed by atoms with Gasteiger partial charge in [-0.3, -0.25) is 0 Å². The lowest BCUT2D eigenvalue weighted by molar-refractivity contribution is 0.640. The third-order valence-electron chi connectivity index (χ3n) is 10.6. The second-order valence-corrected chi connectivity index (χ2v) is 12.9. The molecule has 11 aromatic carbocycles. The zero-order chi connectivity index (χ0) is 30.8. The fourth-order valence-corrected chi connectivity index (χ4v) is 8.71. The highest BCUT2D eigenvalue weighted by molar-refractivity contribution is 6.43. The van der Waals surface area contributed by atoms with Crippen LogP contribution in [0, 0.1) is 5.82 Å². The zero-order valence-corrected chi connectivity index (χ0v) is 25.3. The maximum absolute atomic E-state index is 15.2. The maximum atomic E-state index is 15.2. The second-order valence-electron chi connectivity index (χ2n) is 12.9. The fraction of sp³-hybridized carbons (Fsp3) is 0. The molecule has 1 heteroatoms. The highest BCUT2D eigenvalue weighted by Crippen LogP contribution is 2.53. The summed E-state index contributed by atoms with van der Waals surface area (Å²) >= 11 is 0. The van der Waals surface area contributed by atoms with Gasteiger partial charge in [0.2, 0.25) is 0 Å². The Labute approximate surface area is 269 Å². The average Bonchev–Trinajstić information content (AvgIpc) is 3.62. The van der Waals surface area contributed by atoms with Gasteiger partial charge in [-0.1, -0.05) is 127 Å². The first kappa shape index (κ1) is 25.2. The monoisotopic (exact) mass is 596 g/mol. The first-order valence-corrected chi connectivity index (χ1v) is 16.2. The standard InChI is InChI=1S/C46H25F/c47-40-22-21-32-36-25-37-38(24-35(36)31-18-9-19-33(40)43(31)32)42(27-13-5-2-6-14-27)46-39-23-28-15-7-8-16-29(28)30-17-10-20-34(44(30)39)45(46)41(37)26-11-3-1-4-12-26/h1-25H. The van der Waals surface area contributed by atoms with E-state index >= 15 is 4.39 Å². The van der Waals surface area contributed by atoms with Crippen molar-refractivity contribution in [2.75, 3.05) is 0 Å². The van der Waals surface area contributed by atoms with Crippen LogP contribution in [0.2, 0.25) is 0 Å².